The molecule has 0 aromatic heterocycles. The highest BCUT2D eigenvalue weighted by Crippen LogP contribution is 2.23. The topological polar surface area (TPSA) is 67.4 Å². The second-order valence-corrected chi connectivity index (χ2v) is 5.11. The van der Waals surface area contributed by atoms with Gasteiger partial charge in [0.2, 0.25) is 5.91 Å². The smallest absolute Gasteiger partial charge is 0.255 e. The minimum atomic E-state index is -0.254. The number of hydrogen-bond donors (Lipinski definition) is 2. The van der Waals surface area contributed by atoms with Gasteiger partial charge in [-0.2, -0.15) is 0 Å². The zero-order chi connectivity index (χ0) is 18.1. The molecule has 0 saturated heterocycles. The van der Waals surface area contributed by atoms with Crippen molar-refractivity contribution in [1.29, 1.82) is 0 Å². The van der Waals surface area contributed by atoms with Gasteiger partial charge in [0.25, 0.3) is 5.91 Å². The van der Waals surface area contributed by atoms with Gasteiger partial charge in [-0.3, -0.25) is 9.59 Å². The van der Waals surface area contributed by atoms with Crippen LogP contribution in [0.25, 0.3) is 0 Å². The van der Waals surface area contributed by atoms with Crippen molar-refractivity contribution < 1.29 is 14.3 Å². The molecule has 2 N–H and O–H groups in total. The first kappa shape index (κ1) is 18.0. The summed E-state index contributed by atoms with van der Waals surface area (Å²) in [5, 5.41) is 5.53. The lowest BCUT2D eigenvalue weighted by molar-refractivity contribution is -0.111. The number of nitrogens with one attached hydrogen (secondary N) is 2. The summed E-state index contributed by atoms with van der Waals surface area (Å²) in [6, 6.07) is 13.8. The number of rotatable bonds is 6. The molecule has 2 aromatic carbocycles. The van der Waals surface area contributed by atoms with Crippen LogP contribution in [-0.2, 0) is 4.79 Å². The Bertz CT molecular complexity index is 793. The maximum atomic E-state index is 12.3. The number of methoxy groups -OCH3 is 1. The van der Waals surface area contributed by atoms with Gasteiger partial charge in [0.1, 0.15) is 5.75 Å². The van der Waals surface area contributed by atoms with Gasteiger partial charge in [0.15, 0.2) is 0 Å². The molecule has 0 unspecified atom stereocenters. The Morgan fingerprint density at radius 2 is 1.68 bits per heavy atom. The van der Waals surface area contributed by atoms with Crippen LogP contribution in [0.3, 0.4) is 0 Å². The monoisotopic (exact) mass is 336 g/mol. The van der Waals surface area contributed by atoms with E-state index in [0.717, 1.165) is 0 Å². The molecule has 0 radical (unpaired) electrons. The summed E-state index contributed by atoms with van der Waals surface area (Å²) < 4.78 is 5.21. The zero-order valence-electron chi connectivity index (χ0n) is 14.2. The third-order valence-electron chi connectivity index (χ3n) is 3.32. The van der Waals surface area contributed by atoms with Crippen molar-refractivity contribution in [2.75, 3.05) is 17.7 Å². The highest BCUT2D eigenvalue weighted by atomic mass is 16.5. The third-order valence-corrected chi connectivity index (χ3v) is 3.32. The number of anilines is 2. The van der Waals surface area contributed by atoms with E-state index in [-0.39, 0.29) is 11.8 Å². The number of hydrogen-bond acceptors (Lipinski definition) is 3. The standard InChI is InChI=1S/C20H20N2O3/c1-3-4-5-10-19(23)21-16-13-11-15(12-14-16)20(24)22-17-8-6-7-9-18(17)25-2/h3-14H,1-2H3,(H,21,23)(H,22,24)/b4-3+,10-5+. The molecule has 25 heavy (non-hydrogen) atoms. The Morgan fingerprint density at radius 3 is 2.36 bits per heavy atom. The van der Waals surface area contributed by atoms with E-state index in [1.807, 2.05) is 25.1 Å². The number of benzene rings is 2. The minimum absolute atomic E-state index is 0.232. The third kappa shape index (κ3) is 5.35. The summed E-state index contributed by atoms with van der Waals surface area (Å²) in [6.45, 7) is 1.87. The molecule has 0 atom stereocenters. The van der Waals surface area contributed by atoms with Crippen LogP contribution in [0.2, 0.25) is 0 Å². The Kier molecular flexibility index (Phi) is 6.54. The predicted molar refractivity (Wildman–Crippen MR) is 100.0 cm³/mol. The van der Waals surface area contributed by atoms with Crippen molar-refractivity contribution in [3.8, 4) is 5.75 Å². The van der Waals surface area contributed by atoms with Gasteiger partial charge in [-0.25, -0.2) is 0 Å². The van der Waals surface area contributed by atoms with Crippen LogP contribution in [0.15, 0.2) is 72.8 Å². The summed E-state index contributed by atoms with van der Waals surface area (Å²) in [4.78, 5) is 24.0. The summed E-state index contributed by atoms with van der Waals surface area (Å²) in [7, 11) is 1.55. The largest absolute Gasteiger partial charge is 0.495 e. The minimum Gasteiger partial charge on any atom is -0.495 e. The van der Waals surface area contributed by atoms with E-state index in [4.69, 9.17) is 4.74 Å². The van der Waals surface area contributed by atoms with Crippen LogP contribution in [-0.4, -0.2) is 18.9 Å². The predicted octanol–water partition coefficient (Wildman–Crippen LogP) is 4.02. The quantitative estimate of drug-likeness (QED) is 0.618. The first-order chi connectivity index (χ1) is 12.1. The SMILES string of the molecule is C/C=C/C=C/C(=O)Nc1ccc(C(=O)Nc2ccccc2OC)cc1. The molecule has 0 bridgehead atoms. The summed E-state index contributed by atoms with van der Waals surface area (Å²) in [5.41, 5.74) is 1.69. The molecule has 0 fully saturated rings. The average molecular weight is 336 g/mol. The van der Waals surface area contributed by atoms with E-state index < -0.39 is 0 Å². The van der Waals surface area contributed by atoms with Crippen LogP contribution < -0.4 is 15.4 Å². The number of allylic oxidation sites excluding steroid dienone is 3. The second kappa shape index (κ2) is 9.08. The molecule has 0 saturated carbocycles. The molecule has 0 aliphatic carbocycles. The Balaban J connectivity index is 2.01. The second-order valence-electron chi connectivity index (χ2n) is 5.11. The van der Waals surface area contributed by atoms with Crippen LogP contribution >= 0.6 is 0 Å². The van der Waals surface area contributed by atoms with Crippen molar-refractivity contribution in [3.63, 3.8) is 0 Å². The summed E-state index contributed by atoms with van der Waals surface area (Å²) >= 11 is 0. The lowest BCUT2D eigenvalue weighted by atomic mass is 10.2. The van der Waals surface area contributed by atoms with Crippen LogP contribution in [0.5, 0.6) is 5.75 Å². The number of carbonyl (C=O) groups is 2. The number of carbonyl (C=O) groups excluding carboxylic acids is 2. The maximum absolute atomic E-state index is 12.3. The molecule has 128 valence electrons. The fourth-order valence-electron chi connectivity index (χ4n) is 2.09. The molecule has 2 rings (SSSR count). The van der Waals surface area contributed by atoms with Crippen molar-refractivity contribution >= 4 is 23.2 Å². The van der Waals surface area contributed by atoms with Gasteiger partial charge in [-0.05, 0) is 43.3 Å². The van der Waals surface area contributed by atoms with Gasteiger partial charge in [0.05, 0.1) is 12.8 Å². The molecular weight excluding hydrogens is 316 g/mol. The fourth-order valence-corrected chi connectivity index (χ4v) is 2.09. The normalized spacial score (nSPS) is 10.8. The fraction of sp³-hybridized carbons (Fsp3) is 0.100. The maximum Gasteiger partial charge on any atom is 0.255 e. The first-order valence-electron chi connectivity index (χ1n) is 7.79. The molecule has 0 aliphatic heterocycles. The molecule has 5 nitrogen and oxygen atoms in total. The Morgan fingerprint density at radius 1 is 0.960 bits per heavy atom. The molecule has 0 spiro atoms. The molecular formula is C20H20N2O3. The average Bonchev–Trinajstić information content (AvgIpc) is 2.63. The van der Waals surface area contributed by atoms with Crippen LogP contribution in [0, 0.1) is 0 Å². The lowest BCUT2D eigenvalue weighted by Crippen LogP contribution is -2.13. The van der Waals surface area contributed by atoms with Gasteiger partial charge < -0.3 is 15.4 Å². The molecule has 2 amide bonds. The van der Waals surface area contributed by atoms with Crippen LogP contribution in [0.4, 0.5) is 11.4 Å². The van der Waals surface area contributed by atoms with Crippen molar-refractivity contribution in [3.05, 3.63) is 78.4 Å². The zero-order valence-corrected chi connectivity index (χ0v) is 14.2. The van der Waals surface area contributed by atoms with Gasteiger partial charge in [-0.1, -0.05) is 30.4 Å². The van der Waals surface area contributed by atoms with Crippen molar-refractivity contribution in [2.45, 2.75) is 6.92 Å². The molecule has 0 aliphatic rings. The summed E-state index contributed by atoms with van der Waals surface area (Å²) in [6.07, 6.45) is 6.69. The highest BCUT2D eigenvalue weighted by Gasteiger charge is 2.09. The van der Waals surface area contributed by atoms with E-state index in [1.165, 1.54) is 6.08 Å². The molecule has 0 heterocycles. The highest BCUT2D eigenvalue weighted by molar-refractivity contribution is 6.05. The Hall–Kier alpha value is -3.34. The van der Waals surface area contributed by atoms with E-state index >= 15 is 0 Å². The number of para-hydroxylation sites is 2. The van der Waals surface area contributed by atoms with E-state index in [2.05, 4.69) is 10.6 Å². The van der Waals surface area contributed by atoms with Crippen molar-refractivity contribution in [2.24, 2.45) is 0 Å². The Labute approximate surface area is 147 Å². The number of amides is 2. The van der Waals surface area contributed by atoms with Gasteiger partial charge >= 0.3 is 0 Å². The van der Waals surface area contributed by atoms with E-state index in [1.54, 1.807) is 55.7 Å². The van der Waals surface area contributed by atoms with Gasteiger partial charge in [0, 0.05) is 17.3 Å². The molecule has 2 aromatic rings. The van der Waals surface area contributed by atoms with Gasteiger partial charge in [-0.15, -0.1) is 0 Å². The summed E-state index contributed by atoms with van der Waals surface area (Å²) in [5.74, 6) is 0.104. The first-order valence-corrected chi connectivity index (χ1v) is 7.79. The molecule has 5 heteroatoms. The number of ether oxygens (including phenoxy) is 1. The lowest BCUT2D eigenvalue weighted by Gasteiger charge is -2.10. The van der Waals surface area contributed by atoms with E-state index in [0.29, 0.717) is 22.7 Å². The van der Waals surface area contributed by atoms with Crippen LogP contribution in [0.1, 0.15) is 17.3 Å². The van der Waals surface area contributed by atoms with Crippen molar-refractivity contribution in [1.82, 2.24) is 0 Å². The van der Waals surface area contributed by atoms with E-state index in [9.17, 15) is 9.59 Å².